The van der Waals surface area contributed by atoms with Gasteiger partial charge in [-0.15, -0.1) is 41.1 Å². The molecular weight excluding hydrogens is 1720 g/mol. The van der Waals surface area contributed by atoms with Gasteiger partial charge in [0.2, 0.25) is 0 Å². The molecule has 1 N–H and O–H groups in total. The van der Waals surface area contributed by atoms with Gasteiger partial charge in [-0.2, -0.15) is 47.7 Å². The van der Waals surface area contributed by atoms with Gasteiger partial charge in [-0.05, 0) is 75.5 Å². The molecule has 0 aliphatic rings. The smallest absolute Gasteiger partial charge is 0.177 e. The number of carbonyl (C=O) groups is 1. The summed E-state index contributed by atoms with van der Waals surface area (Å²) < 4.78 is 27.1. The van der Waals surface area contributed by atoms with E-state index < -0.39 is 19.7 Å². The molecule has 0 saturated heterocycles. The van der Waals surface area contributed by atoms with Gasteiger partial charge in [-0.25, -0.2) is 22.7 Å². The molecule has 76 heavy (non-hydrogen) atoms. The Bertz CT molecular complexity index is 3180. The SMILES string of the molecule is CC(=O)C=C(C)O.Fc1c[c-]c(-c2ccccn2)c(F)c1.[Ir].[Ir].[Ir].[Ir].[c-]1c(-c2ccccn2)sc2ccccc12.[c-]1ccccc1[Si](c1ccccc1)(c1ccccc1)c1ccccn1.[c-]1ccsc1-c1ccccn1. The van der Waals surface area contributed by atoms with Crippen LogP contribution in [0.5, 0.6) is 0 Å². The molecule has 0 aliphatic heterocycles. The van der Waals surface area contributed by atoms with Gasteiger partial charge in [0.05, 0.1) is 5.76 Å². The van der Waals surface area contributed by atoms with Gasteiger partial charge in [0, 0.05) is 134 Å². The van der Waals surface area contributed by atoms with E-state index in [4.69, 9.17) is 10.1 Å². The van der Waals surface area contributed by atoms with Crippen molar-refractivity contribution < 1.29 is 99.1 Å². The fraction of sp³-hybridized carbons (Fsp3) is 0.0328. The molecular formula is C61H46F2Ir4N4O2S2Si-4. The van der Waals surface area contributed by atoms with Crippen molar-refractivity contribution in [1.29, 1.82) is 0 Å². The molecule has 0 aliphatic carbocycles. The average Bonchev–Trinajstić information content (AvgIpc) is 4.14. The van der Waals surface area contributed by atoms with Crippen molar-refractivity contribution in [2.75, 3.05) is 0 Å². The second kappa shape index (κ2) is 34.1. The van der Waals surface area contributed by atoms with Crippen LogP contribution in [0.15, 0.2) is 242 Å². The van der Waals surface area contributed by atoms with Gasteiger partial charge in [0.25, 0.3) is 0 Å². The Morgan fingerprint density at radius 2 is 1.09 bits per heavy atom. The Morgan fingerprint density at radius 1 is 0.566 bits per heavy atom. The molecule has 5 aromatic carbocycles. The van der Waals surface area contributed by atoms with Gasteiger partial charge in [-0.1, -0.05) is 132 Å². The third-order valence-corrected chi connectivity index (χ3v) is 16.9. The maximum absolute atomic E-state index is 13.2. The molecule has 0 fully saturated rings. The number of hydrogen-bond donors (Lipinski definition) is 1. The van der Waals surface area contributed by atoms with Crippen LogP contribution in [0, 0.1) is 35.9 Å². The van der Waals surface area contributed by atoms with E-state index in [0.29, 0.717) is 5.69 Å². The molecule has 0 unspecified atom stereocenters. The number of thiophene rings is 2. The first-order valence-electron chi connectivity index (χ1n) is 22.6. The molecule has 0 atom stereocenters. The number of benzene rings is 5. The standard InChI is InChI=1S/C23H18NSi.C13H8NS.C11H6F2N.C9H6NS.C5H8O2.4Ir/c1-4-12-20(13-5-1)25(21-14-6-2-7-15-21,22-16-8-3-9-17-22)23-18-10-11-19-24-23;1-2-7-12-10(5-1)9-13(15-12)11-6-3-4-8-14-11;12-8-4-5-9(10(13)7-8)11-3-1-2-6-14-11;1-2-6-10-8(4-1)9-5-3-7-11-9;1-4(6)3-5(2)7;;;;/h1-16,18-19H;1-8H;1-4,6-7H;1-4,6-7H;3,6H,1-2H3;;;;/q4*-1;;;;;. The van der Waals surface area contributed by atoms with E-state index in [9.17, 15) is 13.6 Å². The Morgan fingerprint density at radius 3 is 1.55 bits per heavy atom. The number of ketones is 1. The van der Waals surface area contributed by atoms with Crippen LogP contribution in [-0.2, 0) is 85.2 Å². The molecule has 0 amide bonds. The van der Waals surface area contributed by atoms with Crippen LogP contribution < -0.4 is 20.9 Å². The fourth-order valence-corrected chi connectivity index (χ4v) is 13.5. The van der Waals surface area contributed by atoms with E-state index in [2.05, 4.69) is 142 Å². The number of aromatic nitrogens is 4. The van der Waals surface area contributed by atoms with E-state index in [-0.39, 0.29) is 97.5 Å². The van der Waals surface area contributed by atoms with Crippen LogP contribution in [0.3, 0.4) is 0 Å². The van der Waals surface area contributed by atoms with Crippen molar-refractivity contribution in [2.24, 2.45) is 0 Å². The molecule has 392 valence electrons. The van der Waals surface area contributed by atoms with Gasteiger partial charge in [0.1, 0.15) is 0 Å². The summed E-state index contributed by atoms with van der Waals surface area (Å²) in [6, 6.07) is 77.6. The Hall–Kier alpha value is -5.76. The summed E-state index contributed by atoms with van der Waals surface area (Å²) in [5, 5.41) is 16.5. The summed E-state index contributed by atoms with van der Waals surface area (Å²) in [5.74, 6) is -1.35. The second-order valence-corrected chi connectivity index (χ2v) is 21.2. The zero-order chi connectivity index (χ0) is 50.4. The first-order chi connectivity index (χ1) is 35.2. The van der Waals surface area contributed by atoms with Crippen molar-refractivity contribution in [3.8, 4) is 32.4 Å². The summed E-state index contributed by atoms with van der Waals surface area (Å²) in [5.41, 5.74) is 2.64. The predicted octanol–water partition coefficient (Wildman–Crippen LogP) is 12.5. The van der Waals surface area contributed by atoms with Crippen LogP contribution >= 0.6 is 22.7 Å². The summed E-state index contributed by atoms with van der Waals surface area (Å²) in [7, 11) is -2.47. The number of aliphatic hydroxyl groups is 1. The van der Waals surface area contributed by atoms with E-state index in [1.54, 1.807) is 53.3 Å². The van der Waals surface area contributed by atoms with Crippen molar-refractivity contribution in [1.82, 2.24) is 19.9 Å². The van der Waals surface area contributed by atoms with Gasteiger partial charge < -0.3 is 20.1 Å². The molecule has 6 heterocycles. The van der Waals surface area contributed by atoms with Crippen LogP contribution in [0.25, 0.3) is 42.5 Å². The first-order valence-corrected chi connectivity index (χ1v) is 26.3. The minimum atomic E-state index is -2.47. The summed E-state index contributed by atoms with van der Waals surface area (Å²) in [6.45, 7) is 2.85. The number of fused-ring (bicyclic) bond motifs is 1. The minimum absolute atomic E-state index is 0. The van der Waals surface area contributed by atoms with Crippen molar-refractivity contribution in [3.63, 3.8) is 0 Å². The second-order valence-electron chi connectivity index (χ2n) is 15.5. The Kier molecular flexibility index (Phi) is 29.0. The monoisotopic (exact) mass is 1770 g/mol. The van der Waals surface area contributed by atoms with E-state index in [0.717, 1.165) is 38.6 Å². The van der Waals surface area contributed by atoms with Gasteiger partial charge >= 0.3 is 0 Å². The van der Waals surface area contributed by atoms with Crippen LogP contribution in [0.2, 0.25) is 0 Å². The minimum Gasteiger partial charge on any atom is -0.512 e. The molecule has 0 saturated carbocycles. The largest absolute Gasteiger partial charge is 0.512 e. The number of rotatable bonds is 8. The zero-order valence-electron chi connectivity index (χ0n) is 40.6. The van der Waals surface area contributed by atoms with Crippen molar-refractivity contribution >= 4 is 67.5 Å². The molecule has 11 aromatic rings. The zero-order valence-corrected chi connectivity index (χ0v) is 52.8. The number of carbonyl (C=O) groups excluding carboxylic acids is 1. The van der Waals surface area contributed by atoms with Crippen LogP contribution in [-0.4, -0.2) is 38.9 Å². The Labute approximate surface area is 506 Å². The average molecular weight is 1770 g/mol. The van der Waals surface area contributed by atoms with Gasteiger partial charge in [-0.3, -0.25) is 18.6 Å². The summed E-state index contributed by atoms with van der Waals surface area (Å²) in [6.07, 6.45) is 8.22. The number of allylic oxidation sites excluding steroid dienone is 2. The third-order valence-electron chi connectivity index (χ3n) is 10.4. The number of hydrogen-bond acceptors (Lipinski definition) is 8. The molecule has 0 spiro atoms. The van der Waals surface area contributed by atoms with Crippen molar-refractivity contribution in [3.05, 3.63) is 278 Å². The summed E-state index contributed by atoms with van der Waals surface area (Å²) >= 11 is 3.39. The molecule has 11 rings (SSSR count). The maximum atomic E-state index is 13.2. The quantitative estimate of drug-likeness (QED) is 0.0536. The fourth-order valence-electron chi connectivity index (χ4n) is 7.35. The van der Waals surface area contributed by atoms with E-state index in [1.165, 1.54) is 45.6 Å². The predicted molar refractivity (Wildman–Crippen MR) is 292 cm³/mol. The Balaban J connectivity index is 0.000000262. The molecule has 6 nitrogen and oxygen atoms in total. The van der Waals surface area contributed by atoms with Crippen LogP contribution in [0.4, 0.5) is 8.78 Å². The van der Waals surface area contributed by atoms with Crippen molar-refractivity contribution in [2.45, 2.75) is 13.8 Å². The molecule has 15 heteroatoms. The number of halogens is 2. The van der Waals surface area contributed by atoms with Gasteiger partial charge in [0.15, 0.2) is 13.9 Å². The number of nitrogens with zero attached hydrogens (tertiary/aromatic N) is 4. The molecule has 4 radical (unpaired) electrons. The van der Waals surface area contributed by atoms with Crippen LogP contribution in [0.1, 0.15) is 13.8 Å². The number of pyridine rings is 4. The molecule has 0 bridgehead atoms. The topological polar surface area (TPSA) is 88.9 Å². The first kappa shape index (κ1) is 64.5. The summed E-state index contributed by atoms with van der Waals surface area (Å²) in [4.78, 5) is 29.5. The van der Waals surface area contributed by atoms with E-state index in [1.807, 2.05) is 84.5 Å². The normalized spacial score (nSPS) is 10.1. The van der Waals surface area contributed by atoms with E-state index >= 15 is 0 Å². The third kappa shape index (κ3) is 18.5. The maximum Gasteiger partial charge on any atom is 0.177 e. The molecule has 6 aromatic heterocycles. The number of aliphatic hydroxyl groups excluding tert-OH is 1.